The van der Waals surface area contributed by atoms with E-state index in [4.69, 9.17) is 15.0 Å². The minimum atomic E-state index is 0.270. The number of ether oxygens (including phenoxy) is 1. The molecule has 0 spiro atoms. The van der Waals surface area contributed by atoms with Crippen molar-refractivity contribution in [2.75, 3.05) is 7.11 Å². The molecule has 0 radical (unpaired) electrons. The number of methoxy groups -OCH3 is 1. The fourth-order valence-electron chi connectivity index (χ4n) is 1.41. The van der Waals surface area contributed by atoms with Crippen LogP contribution in [0.3, 0.4) is 0 Å². The molecule has 0 fully saturated rings. The normalized spacial score (nSPS) is 10.4. The highest BCUT2D eigenvalue weighted by atomic mass is 16.5. The number of benzene rings is 1. The number of hydrogen-bond donors (Lipinski definition) is 1. The summed E-state index contributed by atoms with van der Waals surface area (Å²) in [5.41, 5.74) is 7.30. The molecule has 1 heterocycles. The Morgan fingerprint density at radius 3 is 2.88 bits per heavy atom. The van der Waals surface area contributed by atoms with E-state index in [0.29, 0.717) is 11.7 Å². The van der Waals surface area contributed by atoms with E-state index in [9.17, 15) is 0 Å². The summed E-state index contributed by atoms with van der Waals surface area (Å²) in [7, 11) is 1.63. The van der Waals surface area contributed by atoms with Gasteiger partial charge in [0.1, 0.15) is 5.75 Å². The van der Waals surface area contributed by atoms with Crippen LogP contribution in [-0.2, 0) is 6.54 Å². The fourth-order valence-corrected chi connectivity index (χ4v) is 1.41. The van der Waals surface area contributed by atoms with Gasteiger partial charge >= 0.3 is 0 Å². The van der Waals surface area contributed by atoms with Crippen molar-refractivity contribution in [3.8, 4) is 17.2 Å². The molecule has 0 aliphatic carbocycles. The third kappa shape index (κ3) is 1.90. The summed E-state index contributed by atoms with van der Waals surface area (Å²) in [4.78, 5) is 4.15. The van der Waals surface area contributed by atoms with Gasteiger partial charge in [-0.25, -0.2) is 0 Å². The number of rotatable bonds is 3. The smallest absolute Gasteiger partial charge is 0.258 e. The average Bonchev–Trinajstić information content (AvgIpc) is 2.78. The first-order chi connectivity index (χ1) is 7.74. The Hall–Kier alpha value is -1.88. The third-order valence-corrected chi connectivity index (χ3v) is 2.31. The van der Waals surface area contributed by atoms with Crippen molar-refractivity contribution >= 4 is 0 Å². The lowest BCUT2D eigenvalue weighted by atomic mass is 10.1. The minimum absolute atomic E-state index is 0.270. The van der Waals surface area contributed by atoms with Gasteiger partial charge in [0.15, 0.2) is 5.82 Å². The maximum Gasteiger partial charge on any atom is 0.258 e. The first kappa shape index (κ1) is 10.6. The van der Waals surface area contributed by atoms with Crippen LogP contribution >= 0.6 is 0 Å². The van der Waals surface area contributed by atoms with Gasteiger partial charge in [0, 0.05) is 5.56 Å². The van der Waals surface area contributed by atoms with Crippen LogP contribution in [0.1, 0.15) is 11.4 Å². The van der Waals surface area contributed by atoms with Gasteiger partial charge in [-0.15, -0.1) is 0 Å². The Kier molecular flexibility index (Phi) is 2.87. The Bertz CT molecular complexity index is 494. The molecule has 2 rings (SSSR count). The van der Waals surface area contributed by atoms with Crippen molar-refractivity contribution in [2.24, 2.45) is 5.73 Å². The molecule has 2 aromatic rings. The first-order valence-electron chi connectivity index (χ1n) is 4.92. The van der Waals surface area contributed by atoms with Gasteiger partial charge in [-0.3, -0.25) is 0 Å². The van der Waals surface area contributed by atoms with Crippen molar-refractivity contribution in [3.63, 3.8) is 0 Å². The summed E-state index contributed by atoms with van der Waals surface area (Å²) < 4.78 is 10.3. The molecule has 0 bridgehead atoms. The van der Waals surface area contributed by atoms with E-state index in [1.807, 2.05) is 25.1 Å². The van der Waals surface area contributed by atoms with E-state index >= 15 is 0 Å². The Morgan fingerprint density at radius 2 is 2.25 bits per heavy atom. The highest BCUT2D eigenvalue weighted by molar-refractivity contribution is 5.57. The van der Waals surface area contributed by atoms with Gasteiger partial charge in [0.2, 0.25) is 0 Å². The van der Waals surface area contributed by atoms with E-state index < -0.39 is 0 Å². The van der Waals surface area contributed by atoms with Crippen molar-refractivity contribution in [1.82, 2.24) is 10.1 Å². The van der Waals surface area contributed by atoms with E-state index in [1.165, 1.54) is 0 Å². The van der Waals surface area contributed by atoms with Crippen LogP contribution in [0.15, 0.2) is 22.7 Å². The van der Waals surface area contributed by atoms with Crippen molar-refractivity contribution in [2.45, 2.75) is 13.5 Å². The van der Waals surface area contributed by atoms with Crippen molar-refractivity contribution in [3.05, 3.63) is 29.6 Å². The number of aromatic nitrogens is 2. The Morgan fingerprint density at radius 1 is 1.44 bits per heavy atom. The topological polar surface area (TPSA) is 74.2 Å². The largest absolute Gasteiger partial charge is 0.496 e. The predicted octanol–water partition coefficient (Wildman–Crippen LogP) is 1.51. The van der Waals surface area contributed by atoms with Gasteiger partial charge in [-0.05, 0) is 24.6 Å². The highest BCUT2D eigenvalue weighted by Crippen LogP contribution is 2.25. The Balaban J connectivity index is 2.40. The highest BCUT2D eigenvalue weighted by Gasteiger charge is 2.09. The lowest BCUT2D eigenvalue weighted by Gasteiger charge is -2.04. The van der Waals surface area contributed by atoms with Crippen LogP contribution in [-0.4, -0.2) is 17.3 Å². The third-order valence-electron chi connectivity index (χ3n) is 2.31. The molecule has 5 heteroatoms. The van der Waals surface area contributed by atoms with E-state index in [-0.39, 0.29) is 6.54 Å². The molecule has 1 aromatic carbocycles. The monoisotopic (exact) mass is 219 g/mol. The van der Waals surface area contributed by atoms with Gasteiger partial charge in [0.25, 0.3) is 5.89 Å². The molecule has 0 unspecified atom stereocenters. The van der Waals surface area contributed by atoms with Gasteiger partial charge < -0.3 is 15.0 Å². The summed E-state index contributed by atoms with van der Waals surface area (Å²) in [6.07, 6.45) is 0. The molecule has 16 heavy (non-hydrogen) atoms. The average molecular weight is 219 g/mol. The van der Waals surface area contributed by atoms with E-state index in [2.05, 4.69) is 10.1 Å². The van der Waals surface area contributed by atoms with Gasteiger partial charge in [-0.1, -0.05) is 11.2 Å². The van der Waals surface area contributed by atoms with E-state index in [1.54, 1.807) is 7.11 Å². The molecule has 0 saturated heterocycles. The maximum absolute atomic E-state index is 5.41. The summed E-state index contributed by atoms with van der Waals surface area (Å²) in [6, 6.07) is 5.72. The number of nitrogens with two attached hydrogens (primary N) is 1. The molecule has 0 atom stereocenters. The molecule has 1 aromatic heterocycles. The number of nitrogens with zero attached hydrogens (tertiary/aromatic N) is 2. The molecule has 84 valence electrons. The molecule has 2 N–H and O–H groups in total. The van der Waals surface area contributed by atoms with Gasteiger partial charge in [0.05, 0.1) is 13.7 Å². The molecule has 0 aliphatic rings. The van der Waals surface area contributed by atoms with Crippen LogP contribution in [0.25, 0.3) is 11.5 Å². The molecular weight excluding hydrogens is 206 g/mol. The summed E-state index contributed by atoms with van der Waals surface area (Å²) >= 11 is 0. The van der Waals surface area contributed by atoms with E-state index in [0.717, 1.165) is 16.9 Å². The van der Waals surface area contributed by atoms with Crippen LogP contribution < -0.4 is 10.5 Å². The Labute approximate surface area is 93.2 Å². The molecule has 0 saturated carbocycles. The zero-order valence-electron chi connectivity index (χ0n) is 9.23. The second kappa shape index (κ2) is 4.32. The number of aryl methyl sites for hydroxylation is 1. The summed E-state index contributed by atoms with van der Waals surface area (Å²) in [5, 5.41) is 3.74. The van der Waals surface area contributed by atoms with Crippen molar-refractivity contribution in [1.29, 1.82) is 0 Å². The predicted molar refractivity (Wildman–Crippen MR) is 58.9 cm³/mol. The maximum atomic E-state index is 5.41. The SMILES string of the molecule is COc1cc(-c2nc(CN)no2)ccc1C. The number of hydrogen-bond acceptors (Lipinski definition) is 5. The minimum Gasteiger partial charge on any atom is -0.496 e. The van der Waals surface area contributed by atoms with Crippen LogP contribution in [0.2, 0.25) is 0 Å². The lowest BCUT2D eigenvalue weighted by Crippen LogP contribution is -1.97. The second-order valence-corrected chi connectivity index (χ2v) is 3.40. The zero-order valence-corrected chi connectivity index (χ0v) is 9.23. The zero-order chi connectivity index (χ0) is 11.5. The lowest BCUT2D eigenvalue weighted by molar-refractivity contribution is 0.409. The van der Waals surface area contributed by atoms with Crippen LogP contribution in [0.5, 0.6) is 5.75 Å². The molecular formula is C11H13N3O2. The van der Waals surface area contributed by atoms with Crippen molar-refractivity contribution < 1.29 is 9.26 Å². The summed E-state index contributed by atoms with van der Waals surface area (Å²) in [5.74, 6) is 1.75. The first-order valence-corrected chi connectivity index (χ1v) is 4.92. The quantitative estimate of drug-likeness (QED) is 0.847. The molecule has 0 aliphatic heterocycles. The standard InChI is InChI=1S/C11H13N3O2/c1-7-3-4-8(5-9(7)15-2)11-13-10(6-12)14-16-11/h3-5H,6,12H2,1-2H3. The molecule has 0 amide bonds. The van der Waals surface area contributed by atoms with Crippen LogP contribution in [0.4, 0.5) is 0 Å². The fraction of sp³-hybridized carbons (Fsp3) is 0.273. The molecule has 5 nitrogen and oxygen atoms in total. The van der Waals surface area contributed by atoms with Crippen LogP contribution in [0, 0.1) is 6.92 Å². The summed E-state index contributed by atoms with van der Waals surface area (Å²) in [6.45, 7) is 2.24. The second-order valence-electron chi connectivity index (χ2n) is 3.40. The van der Waals surface area contributed by atoms with Gasteiger partial charge in [-0.2, -0.15) is 4.98 Å².